The second-order valence-corrected chi connectivity index (χ2v) is 4.17. The third-order valence-corrected chi connectivity index (χ3v) is 3.08. The van der Waals surface area contributed by atoms with E-state index < -0.39 is 0 Å². The first-order valence-corrected chi connectivity index (χ1v) is 5.89. The molecule has 2 rings (SSSR count). The average molecular weight is 223 g/mol. The zero-order chi connectivity index (χ0) is 11.4. The molecule has 0 radical (unpaired) electrons. The van der Waals surface area contributed by atoms with Crippen LogP contribution in [0.2, 0.25) is 0 Å². The first-order chi connectivity index (χ1) is 7.83. The minimum absolute atomic E-state index is 0.0831. The average Bonchev–Trinajstić information content (AvgIpc) is 2.75. The largest absolute Gasteiger partial charge is 0.373 e. The molecule has 2 nitrogen and oxygen atoms in total. The Morgan fingerprint density at radius 3 is 3.00 bits per heavy atom. The van der Waals surface area contributed by atoms with Crippen LogP contribution in [0.3, 0.4) is 0 Å². The molecule has 1 aromatic rings. The van der Waals surface area contributed by atoms with E-state index in [9.17, 15) is 4.39 Å². The molecular formula is C13H18FNO. The van der Waals surface area contributed by atoms with Crippen molar-refractivity contribution in [3.05, 3.63) is 35.6 Å². The van der Waals surface area contributed by atoms with Crippen molar-refractivity contribution in [2.45, 2.75) is 19.4 Å². The number of hydrogen-bond acceptors (Lipinski definition) is 2. The van der Waals surface area contributed by atoms with Gasteiger partial charge in [0.2, 0.25) is 0 Å². The summed E-state index contributed by atoms with van der Waals surface area (Å²) >= 11 is 0. The van der Waals surface area contributed by atoms with Crippen LogP contribution in [0.25, 0.3) is 0 Å². The van der Waals surface area contributed by atoms with Crippen LogP contribution in [-0.2, 0) is 4.74 Å². The topological polar surface area (TPSA) is 21.3 Å². The molecule has 0 aliphatic carbocycles. The lowest BCUT2D eigenvalue weighted by atomic mass is 9.95. The molecular weight excluding hydrogens is 205 g/mol. The van der Waals surface area contributed by atoms with Crippen molar-refractivity contribution in [2.75, 3.05) is 19.7 Å². The molecule has 88 valence electrons. The zero-order valence-corrected chi connectivity index (χ0v) is 9.58. The number of benzene rings is 1. The molecule has 1 aliphatic heterocycles. The highest BCUT2D eigenvalue weighted by Crippen LogP contribution is 2.35. The summed E-state index contributed by atoms with van der Waals surface area (Å²) in [5.41, 5.74) is 0.697. The normalized spacial score (nSPS) is 24.9. The molecule has 0 aromatic heterocycles. The van der Waals surface area contributed by atoms with E-state index in [-0.39, 0.29) is 11.9 Å². The van der Waals surface area contributed by atoms with Crippen molar-refractivity contribution in [1.82, 2.24) is 5.32 Å². The molecule has 2 atom stereocenters. The summed E-state index contributed by atoms with van der Waals surface area (Å²) < 4.78 is 19.3. The SMILES string of the molecule is CCNCC1CCOC1c1ccccc1F. The van der Waals surface area contributed by atoms with Gasteiger partial charge in [-0.2, -0.15) is 0 Å². The predicted octanol–water partition coefficient (Wildman–Crippen LogP) is 2.51. The van der Waals surface area contributed by atoms with Crippen LogP contribution < -0.4 is 5.32 Å². The van der Waals surface area contributed by atoms with Gasteiger partial charge in [-0.05, 0) is 19.0 Å². The summed E-state index contributed by atoms with van der Waals surface area (Å²) in [5, 5.41) is 3.31. The van der Waals surface area contributed by atoms with Gasteiger partial charge in [-0.25, -0.2) is 4.39 Å². The van der Waals surface area contributed by atoms with E-state index in [1.807, 2.05) is 12.1 Å². The van der Waals surface area contributed by atoms with Crippen molar-refractivity contribution in [1.29, 1.82) is 0 Å². The lowest BCUT2D eigenvalue weighted by molar-refractivity contribution is 0.0876. The fraction of sp³-hybridized carbons (Fsp3) is 0.538. The van der Waals surface area contributed by atoms with E-state index in [4.69, 9.17) is 4.74 Å². The molecule has 1 aliphatic rings. The Bertz CT molecular complexity index is 342. The third kappa shape index (κ3) is 2.42. The number of nitrogens with one attached hydrogen (secondary N) is 1. The van der Waals surface area contributed by atoms with Crippen molar-refractivity contribution < 1.29 is 9.13 Å². The summed E-state index contributed by atoms with van der Waals surface area (Å²) in [5.74, 6) is 0.229. The highest BCUT2D eigenvalue weighted by Gasteiger charge is 2.30. The van der Waals surface area contributed by atoms with Gasteiger partial charge in [0.15, 0.2) is 0 Å². The smallest absolute Gasteiger partial charge is 0.129 e. The molecule has 16 heavy (non-hydrogen) atoms. The van der Waals surface area contributed by atoms with Crippen molar-refractivity contribution in [3.63, 3.8) is 0 Å². The van der Waals surface area contributed by atoms with Crippen LogP contribution in [0, 0.1) is 11.7 Å². The van der Waals surface area contributed by atoms with Gasteiger partial charge in [0.1, 0.15) is 5.82 Å². The van der Waals surface area contributed by atoms with Gasteiger partial charge in [0.25, 0.3) is 0 Å². The van der Waals surface area contributed by atoms with Gasteiger partial charge in [-0.3, -0.25) is 0 Å². The summed E-state index contributed by atoms with van der Waals surface area (Å²) in [6.45, 7) is 4.65. The van der Waals surface area contributed by atoms with E-state index in [1.54, 1.807) is 6.07 Å². The van der Waals surface area contributed by atoms with Gasteiger partial charge in [0, 0.05) is 24.6 Å². The lowest BCUT2D eigenvalue weighted by Crippen LogP contribution is -2.24. The maximum atomic E-state index is 13.6. The van der Waals surface area contributed by atoms with Crippen molar-refractivity contribution in [2.24, 2.45) is 5.92 Å². The van der Waals surface area contributed by atoms with E-state index >= 15 is 0 Å². The fourth-order valence-electron chi connectivity index (χ4n) is 2.22. The van der Waals surface area contributed by atoms with Gasteiger partial charge < -0.3 is 10.1 Å². The Kier molecular flexibility index (Phi) is 3.91. The minimum Gasteiger partial charge on any atom is -0.373 e. The molecule has 0 amide bonds. The quantitative estimate of drug-likeness (QED) is 0.846. The molecule has 0 spiro atoms. The van der Waals surface area contributed by atoms with E-state index in [2.05, 4.69) is 12.2 Å². The monoisotopic (exact) mass is 223 g/mol. The second kappa shape index (κ2) is 5.41. The summed E-state index contributed by atoms with van der Waals surface area (Å²) in [7, 11) is 0. The third-order valence-electron chi connectivity index (χ3n) is 3.08. The zero-order valence-electron chi connectivity index (χ0n) is 9.58. The molecule has 1 fully saturated rings. The molecule has 1 aromatic carbocycles. The molecule has 1 N–H and O–H groups in total. The Hall–Kier alpha value is -0.930. The Labute approximate surface area is 95.8 Å². The number of hydrogen-bond donors (Lipinski definition) is 1. The standard InChI is InChI=1S/C13H18FNO/c1-2-15-9-10-7-8-16-13(10)11-5-3-4-6-12(11)14/h3-6,10,13,15H,2,7-9H2,1H3. The molecule has 0 bridgehead atoms. The van der Waals surface area contributed by atoms with Crippen LogP contribution in [-0.4, -0.2) is 19.7 Å². The van der Waals surface area contributed by atoms with E-state index in [1.165, 1.54) is 6.07 Å². The highest BCUT2D eigenvalue weighted by atomic mass is 19.1. The first kappa shape index (κ1) is 11.6. The first-order valence-electron chi connectivity index (χ1n) is 5.89. The van der Waals surface area contributed by atoms with E-state index in [0.29, 0.717) is 11.5 Å². The number of rotatable bonds is 4. The summed E-state index contributed by atoms with van der Waals surface area (Å²) in [6.07, 6.45) is 0.923. The maximum absolute atomic E-state index is 13.6. The maximum Gasteiger partial charge on any atom is 0.129 e. The molecule has 1 heterocycles. The summed E-state index contributed by atoms with van der Waals surface area (Å²) in [6, 6.07) is 6.91. The predicted molar refractivity (Wildman–Crippen MR) is 61.7 cm³/mol. The van der Waals surface area contributed by atoms with Gasteiger partial charge in [-0.1, -0.05) is 25.1 Å². The fourth-order valence-corrected chi connectivity index (χ4v) is 2.22. The van der Waals surface area contributed by atoms with Crippen LogP contribution in [0.1, 0.15) is 25.0 Å². The lowest BCUT2D eigenvalue weighted by Gasteiger charge is -2.19. The molecule has 2 unspecified atom stereocenters. The molecule has 3 heteroatoms. The number of ether oxygens (including phenoxy) is 1. The minimum atomic E-state index is -0.157. The van der Waals surface area contributed by atoms with Gasteiger partial charge in [-0.15, -0.1) is 0 Å². The van der Waals surface area contributed by atoms with Crippen molar-refractivity contribution >= 4 is 0 Å². The van der Waals surface area contributed by atoms with Gasteiger partial charge >= 0.3 is 0 Å². The van der Waals surface area contributed by atoms with Crippen LogP contribution in [0.4, 0.5) is 4.39 Å². The summed E-state index contributed by atoms with van der Waals surface area (Å²) in [4.78, 5) is 0. The highest BCUT2D eigenvalue weighted by molar-refractivity contribution is 5.21. The second-order valence-electron chi connectivity index (χ2n) is 4.17. The van der Waals surface area contributed by atoms with Crippen molar-refractivity contribution in [3.8, 4) is 0 Å². The Morgan fingerprint density at radius 2 is 2.25 bits per heavy atom. The molecule has 0 saturated carbocycles. The Morgan fingerprint density at radius 1 is 1.44 bits per heavy atom. The van der Waals surface area contributed by atoms with Crippen LogP contribution in [0.15, 0.2) is 24.3 Å². The number of halogens is 1. The van der Waals surface area contributed by atoms with Gasteiger partial charge in [0.05, 0.1) is 6.10 Å². The molecule has 1 saturated heterocycles. The van der Waals surface area contributed by atoms with Crippen LogP contribution >= 0.6 is 0 Å². The van der Waals surface area contributed by atoms with Crippen LogP contribution in [0.5, 0.6) is 0 Å². The Balaban J connectivity index is 2.10. The van der Waals surface area contributed by atoms with E-state index in [0.717, 1.165) is 26.1 Å².